The van der Waals surface area contributed by atoms with Gasteiger partial charge in [0.05, 0.1) is 12.7 Å². The first kappa shape index (κ1) is 13.4. The molecule has 0 aromatic heterocycles. The Balaban J connectivity index is 2.37. The molecule has 1 saturated heterocycles. The lowest BCUT2D eigenvalue weighted by Crippen LogP contribution is -2.51. The van der Waals surface area contributed by atoms with Gasteiger partial charge in [0.2, 0.25) is 0 Å². The number of hydrogen-bond acceptors (Lipinski definition) is 4. The lowest BCUT2D eigenvalue weighted by molar-refractivity contribution is -0.140. The Hall–Kier alpha value is -0.650. The molecular formula is C11H22N2O3. The minimum Gasteiger partial charge on any atom is -0.480 e. The molecule has 1 aliphatic rings. The highest BCUT2D eigenvalue weighted by molar-refractivity contribution is 5.73. The molecule has 0 aromatic carbocycles. The van der Waals surface area contributed by atoms with E-state index in [4.69, 9.17) is 9.84 Å². The fourth-order valence-corrected chi connectivity index (χ4v) is 1.86. The minimum absolute atomic E-state index is 0.203. The molecule has 0 saturated carbocycles. The van der Waals surface area contributed by atoms with Gasteiger partial charge in [0.1, 0.15) is 6.04 Å². The molecule has 0 aliphatic carbocycles. The summed E-state index contributed by atoms with van der Waals surface area (Å²) in [5.41, 5.74) is 0. The third-order valence-electron chi connectivity index (χ3n) is 2.70. The van der Waals surface area contributed by atoms with Crippen LogP contribution >= 0.6 is 0 Å². The van der Waals surface area contributed by atoms with E-state index in [1.807, 2.05) is 13.8 Å². The lowest BCUT2D eigenvalue weighted by atomic mass is 10.2. The van der Waals surface area contributed by atoms with Gasteiger partial charge in [-0.05, 0) is 19.9 Å². The molecule has 0 amide bonds. The number of morpholine rings is 1. The van der Waals surface area contributed by atoms with E-state index in [-0.39, 0.29) is 6.10 Å². The van der Waals surface area contributed by atoms with Crippen LogP contribution < -0.4 is 5.32 Å². The zero-order chi connectivity index (χ0) is 12.0. The van der Waals surface area contributed by atoms with Crippen LogP contribution in [0.3, 0.4) is 0 Å². The van der Waals surface area contributed by atoms with Gasteiger partial charge >= 0.3 is 5.97 Å². The summed E-state index contributed by atoms with van der Waals surface area (Å²) in [5, 5.41) is 12.1. The topological polar surface area (TPSA) is 61.8 Å². The molecule has 2 unspecified atom stereocenters. The summed E-state index contributed by atoms with van der Waals surface area (Å²) in [6, 6.07) is -0.467. The van der Waals surface area contributed by atoms with Crippen LogP contribution in [0, 0.1) is 0 Å². The van der Waals surface area contributed by atoms with Crippen LogP contribution in [0.25, 0.3) is 0 Å². The monoisotopic (exact) mass is 230 g/mol. The third kappa shape index (κ3) is 4.47. The SMILES string of the molecule is CCCNC(CN1CCOC(C)C1)C(=O)O. The van der Waals surface area contributed by atoms with Crippen LogP contribution in [0.5, 0.6) is 0 Å². The van der Waals surface area contributed by atoms with Crippen LogP contribution in [0.15, 0.2) is 0 Å². The van der Waals surface area contributed by atoms with Crippen molar-refractivity contribution >= 4 is 5.97 Å². The van der Waals surface area contributed by atoms with Gasteiger partial charge in [0.15, 0.2) is 0 Å². The van der Waals surface area contributed by atoms with Crippen molar-refractivity contribution in [3.63, 3.8) is 0 Å². The van der Waals surface area contributed by atoms with Crippen LogP contribution in [0.2, 0.25) is 0 Å². The standard InChI is InChI=1S/C11H22N2O3/c1-3-4-12-10(11(14)15)8-13-5-6-16-9(2)7-13/h9-10,12H,3-8H2,1-2H3,(H,14,15). The second kappa shape index (κ2) is 6.83. The van der Waals surface area contributed by atoms with Gasteiger partial charge in [-0.1, -0.05) is 6.92 Å². The normalized spacial score (nSPS) is 24.2. The number of aliphatic carboxylic acids is 1. The van der Waals surface area contributed by atoms with Crippen LogP contribution in [0.4, 0.5) is 0 Å². The Morgan fingerprint density at radius 1 is 1.69 bits per heavy atom. The Kier molecular flexibility index (Phi) is 5.73. The summed E-state index contributed by atoms with van der Waals surface area (Å²) in [7, 11) is 0. The van der Waals surface area contributed by atoms with Crippen LogP contribution in [-0.2, 0) is 9.53 Å². The first-order valence-electron chi connectivity index (χ1n) is 5.93. The van der Waals surface area contributed by atoms with Gasteiger partial charge in [-0.2, -0.15) is 0 Å². The lowest BCUT2D eigenvalue weighted by Gasteiger charge is -2.32. The second-order valence-electron chi connectivity index (χ2n) is 4.29. The maximum atomic E-state index is 11.0. The number of nitrogens with zero attached hydrogens (tertiary/aromatic N) is 1. The van der Waals surface area contributed by atoms with E-state index in [2.05, 4.69) is 10.2 Å². The summed E-state index contributed by atoms with van der Waals surface area (Å²) >= 11 is 0. The van der Waals surface area contributed by atoms with Crippen molar-refractivity contribution in [1.29, 1.82) is 0 Å². The third-order valence-corrected chi connectivity index (χ3v) is 2.70. The van der Waals surface area contributed by atoms with Crippen molar-refractivity contribution < 1.29 is 14.6 Å². The van der Waals surface area contributed by atoms with Crippen molar-refractivity contribution in [3.05, 3.63) is 0 Å². The summed E-state index contributed by atoms with van der Waals surface area (Å²) in [6.45, 7) is 7.69. The highest BCUT2D eigenvalue weighted by Gasteiger charge is 2.23. The molecule has 0 aromatic rings. The zero-order valence-electron chi connectivity index (χ0n) is 10.1. The van der Waals surface area contributed by atoms with E-state index in [1.165, 1.54) is 0 Å². The number of carboxylic acid groups (broad SMARTS) is 1. The summed E-state index contributed by atoms with van der Waals surface area (Å²) < 4.78 is 5.42. The molecule has 1 fully saturated rings. The van der Waals surface area contributed by atoms with Gasteiger partial charge in [-0.15, -0.1) is 0 Å². The van der Waals surface area contributed by atoms with Gasteiger partial charge in [-0.3, -0.25) is 9.69 Å². The van der Waals surface area contributed by atoms with Gasteiger partial charge in [0.25, 0.3) is 0 Å². The van der Waals surface area contributed by atoms with Crippen molar-refractivity contribution in [2.45, 2.75) is 32.4 Å². The van der Waals surface area contributed by atoms with E-state index in [0.29, 0.717) is 13.2 Å². The molecule has 1 heterocycles. The fraction of sp³-hybridized carbons (Fsp3) is 0.909. The largest absolute Gasteiger partial charge is 0.480 e. The van der Waals surface area contributed by atoms with Crippen molar-refractivity contribution in [1.82, 2.24) is 10.2 Å². The molecule has 2 atom stereocenters. The number of nitrogens with one attached hydrogen (secondary N) is 1. The number of carboxylic acids is 1. The van der Waals surface area contributed by atoms with Crippen molar-refractivity contribution in [2.75, 3.05) is 32.8 Å². The van der Waals surface area contributed by atoms with Crippen molar-refractivity contribution in [3.8, 4) is 0 Å². The smallest absolute Gasteiger partial charge is 0.322 e. The molecular weight excluding hydrogens is 208 g/mol. The second-order valence-corrected chi connectivity index (χ2v) is 4.29. The summed E-state index contributed by atoms with van der Waals surface area (Å²) in [6.07, 6.45) is 1.15. The first-order chi connectivity index (χ1) is 7.63. The summed E-state index contributed by atoms with van der Waals surface area (Å²) in [4.78, 5) is 13.2. The maximum Gasteiger partial charge on any atom is 0.322 e. The Labute approximate surface area is 96.8 Å². The van der Waals surface area contributed by atoms with E-state index in [9.17, 15) is 4.79 Å². The maximum absolute atomic E-state index is 11.0. The summed E-state index contributed by atoms with van der Waals surface area (Å²) in [5.74, 6) is -0.771. The van der Waals surface area contributed by atoms with Gasteiger partial charge < -0.3 is 15.2 Å². The van der Waals surface area contributed by atoms with E-state index in [1.54, 1.807) is 0 Å². The highest BCUT2D eigenvalue weighted by Crippen LogP contribution is 2.05. The predicted octanol–water partition coefficient (Wildman–Crippen LogP) is 0.160. The molecule has 94 valence electrons. The molecule has 5 nitrogen and oxygen atoms in total. The number of rotatable bonds is 6. The quantitative estimate of drug-likeness (QED) is 0.680. The Morgan fingerprint density at radius 3 is 3.00 bits per heavy atom. The van der Waals surface area contributed by atoms with Gasteiger partial charge in [0, 0.05) is 19.6 Å². The molecule has 16 heavy (non-hydrogen) atoms. The number of hydrogen-bond donors (Lipinski definition) is 2. The minimum atomic E-state index is -0.771. The van der Waals surface area contributed by atoms with E-state index >= 15 is 0 Å². The predicted molar refractivity (Wildman–Crippen MR) is 61.6 cm³/mol. The van der Waals surface area contributed by atoms with Crippen LogP contribution in [0.1, 0.15) is 20.3 Å². The fourth-order valence-electron chi connectivity index (χ4n) is 1.86. The molecule has 1 rings (SSSR count). The zero-order valence-corrected chi connectivity index (χ0v) is 10.1. The molecule has 0 radical (unpaired) electrons. The molecule has 2 N–H and O–H groups in total. The van der Waals surface area contributed by atoms with Crippen LogP contribution in [-0.4, -0.2) is 60.9 Å². The number of carbonyl (C=O) groups is 1. The Bertz CT molecular complexity index is 223. The molecule has 1 aliphatic heterocycles. The van der Waals surface area contributed by atoms with Crippen molar-refractivity contribution in [2.24, 2.45) is 0 Å². The van der Waals surface area contributed by atoms with E-state index < -0.39 is 12.0 Å². The average Bonchev–Trinajstić information content (AvgIpc) is 2.24. The Morgan fingerprint density at radius 2 is 2.44 bits per heavy atom. The number of ether oxygens (including phenoxy) is 1. The molecule has 0 spiro atoms. The molecule has 5 heteroatoms. The highest BCUT2D eigenvalue weighted by atomic mass is 16.5. The molecule has 0 bridgehead atoms. The van der Waals surface area contributed by atoms with E-state index in [0.717, 1.165) is 26.1 Å². The first-order valence-corrected chi connectivity index (χ1v) is 5.93. The van der Waals surface area contributed by atoms with Gasteiger partial charge in [-0.25, -0.2) is 0 Å². The average molecular weight is 230 g/mol.